The molecule has 0 bridgehead atoms. The number of sulfonamides is 1. The maximum Gasteiger partial charge on any atom is 0.331 e. The third kappa shape index (κ3) is 6.32. The number of likely N-dealkylation sites (N-methyl/N-ethyl adjacent to an activating group) is 1. The zero-order valence-corrected chi connectivity index (χ0v) is 15.5. The highest BCUT2D eigenvalue weighted by Gasteiger charge is 2.20. The molecule has 0 aromatic heterocycles. The van der Waals surface area contributed by atoms with Gasteiger partial charge < -0.3 is 10.1 Å². The van der Waals surface area contributed by atoms with Gasteiger partial charge in [0.2, 0.25) is 10.0 Å². The minimum atomic E-state index is -3.50. The van der Waals surface area contributed by atoms with Crippen LogP contribution < -0.4 is 5.32 Å². The number of hydrogen-bond acceptors (Lipinski definition) is 5. The number of carbonyl (C=O) groups is 2. The van der Waals surface area contributed by atoms with Gasteiger partial charge in [-0.3, -0.25) is 4.79 Å². The number of carbonyl (C=O) groups excluding carboxylic acids is 2. The third-order valence-corrected chi connectivity index (χ3v) is 5.42. The Kier molecular flexibility index (Phi) is 8.30. The van der Waals surface area contributed by atoms with Crippen LogP contribution in [0.1, 0.15) is 26.3 Å². The van der Waals surface area contributed by atoms with Gasteiger partial charge in [0, 0.05) is 25.7 Å². The van der Waals surface area contributed by atoms with E-state index in [-0.39, 0.29) is 17.4 Å². The molecule has 0 unspecified atom stereocenters. The molecule has 138 valence electrons. The normalized spacial score (nSPS) is 11.7. The Morgan fingerprint density at radius 2 is 1.72 bits per heavy atom. The van der Waals surface area contributed by atoms with Crippen molar-refractivity contribution in [3.63, 3.8) is 0 Å². The van der Waals surface area contributed by atoms with E-state index >= 15 is 0 Å². The van der Waals surface area contributed by atoms with Crippen LogP contribution in [0.4, 0.5) is 0 Å². The number of amides is 1. The Labute approximate surface area is 148 Å². The Balaban J connectivity index is 2.71. The maximum atomic E-state index is 12.4. The average Bonchev–Trinajstić information content (AvgIpc) is 2.59. The first-order valence-corrected chi connectivity index (χ1v) is 9.50. The Morgan fingerprint density at radius 3 is 2.24 bits per heavy atom. The molecule has 25 heavy (non-hydrogen) atoms. The second-order valence-electron chi connectivity index (χ2n) is 5.05. The lowest BCUT2D eigenvalue weighted by Crippen LogP contribution is -2.30. The van der Waals surface area contributed by atoms with Crippen molar-refractivity contribution in [3.05, 3.63) is 35.9 Å². The Bertz CT molecular complexity index is 707. The first-order valence-electron chi connectivity index (χ1n) is 8.06. The number of benzene rings is 1. The van der Waals surface area contributed by atoms with Crippen molar-refractivity contribution in [1.29, 1.82) is 0 Å². The fourth-order valence-electron chi connectivity index (χ4n) is 2.06. The topological polar surface area (TPSA) is 92.8 Å². The summed E-state index contributed by atoms with van der Waals surface area (Å²) in [7, 11) is -3.50. The third-order valence-electron chi connectivity index (χ3n) is 3.35. The molecule has 0 heterocycles. The summed E-state index contributed by atoms with van der Waals surface area (Å²) in [6.45, 7) is 6.27. The Hall–Kier alpha value is -2.19. The molecule has 0 aliphatic rings. The number of hydrogen-bond donors (Lipinski definition) is 1. The molecular weight excluding hydrogens is 344 g/mol. The molecule has 1 amide bonds. The fourth-order valence-corrected chi connectivity index (χ4v) is 3.52. The smallest absolute Gasteiger partial charge is 0.331 e. The molecular formula is C17H24N2O5S. The predicted molar refractivity (Wildman–Crippen MR) is 95.2 cm³/mol. The van der Waals surface area contributed by atoms with E-state index in [4.69, 9.17) is 4.74 Å². The molecule has 1 aromatic carbocycles. The summed E-state index contributed by atoms with van der Waals surface area (Å²) in [6, 6.07) is 6.19. The van der Waals surface area contributed by atoms with Crippen LogP contribution in [0.25, 0.3) is 6.08 Å². The van der Waals surface area contributed by atoms with Crippen molar-refractivity contribution in [2.45, 2.75) is 25.7 Å². The molecule has 8 heteroatoms. The van der Waals surface area contributed by atoms with Crippen LogP contribution in [-0.4, -0.2) is 50.8 Å². The van der Waals surface area contributed by atoms with Crippen LogP contribution in [0.5, 0.6) is 0 Å². The lowest BCUT2D eigenvalue weighted by Gasteiger charge is -2.18. The van der Waals surface area contributed by atoms with Gasteiger partial charge in [-0.05, 0) is 30.7 Å². The number of rotatable bonds is 9. The van der Waals surface area contributed by atoms with Crippen LogP contribution >= 0.6 is 0 Å². The van der Waals surface area contributed by atoms with Crippen molar-refractivity contribution in [2.24, 2.45) is 0 Å². The van der Waals surface area contributed by atoms with Gasteiger partial charge >= 0.3 is 5.97 Å². The Morgan fingerprint density at radius 1 is 1.12 bits per heavy atom. The van der Waals surface area contributed by atoms with Crippen LogP contribution in [0.15, 0.2) is 35.2 Å². The van der Waals surface area contributed by atoms with E-state index in [1.54, 1.807) is 32.9 Å². The van der Waals surface area contributed by atoms with Crippen molar-refractivity contribution in [1.82, 2.24) is 9.62 Å². The molecule has 0 aliphatic carbocycles. The summed E-state index contributed by atoms with van der Waals surface area (Å²) in [5, 5.41) is 2.51. The van der Waals surface area contributed by atoms with Crippen molar-refractivity contribution >= 4 is 28.0 Å². The first-order chi connectivity index (χ1) is 11.8. The van der Waals surface area contributed by atoms with E-state index in [1.165, 1.54) is 28.6 Å². The predicted octanol–water partition coefficient (Wildman–Crippen LogP) is 1.41. The molecule has 1 rings (SSSR count). The van der Waals surface area contributed by atoms with Gasteiger partial charge in [0.05, 0.1) is 4.90 Å². The number of nitrogens with zero attached hydrogens (tertiary/aromatic N) is 1. The molecule has 0 saturated heterocycles. The lowest BCUT2D eigenvalue weighted by molar-refractivity contribution is -0.143. The van der Waals surface area contributed by atoms with Crippen molar-refractivity contribution in [3.8, 4) is 0 Å². The SMILES string of the molecule is CCNC(=O)COC(=O)C=Cc1ccc(S(=O)(=O)N(CC)CC)cc1. The van der Waals surface area contributed by atoms with E-state index < -0.39 is 16.0 Å². The fraction of sp³-hybridized carbons (Fsp3) is 0.412. The van der Waals surface area contributed by atoms with Gasteiger partial charge in [-0.1, -0.05) is 26.0 Å². The summed E-state index contributed by atoms with van der Waals surface area (Å²) in [5.74, 6) is -1.01. The highest BCUT2D eigenvalue weighted by Crippen LogP contribution is 2.16. The lowest BCUT2D eigenvalue weighted by atomic mass is 10.2. The van der Waals surface area contributed by atoms with E-state index in [9.17, 15) is 18.0 Å². The van der Waals surface area contributed by atoms with Gasteiger partial charge in [0.1, 0.15) is 0 Å². The summed E-state index contributed by atoms with van der Waals surface area (Å²) in [4.78, 5) is 22.9. The minimum Gasteiger partial charge on any atom is -0.452 e. The molecule has 0 atom stereocenters. The molecule has 1 aromatic rings. The zero-order chi connectivity index (χ0) is 18.9. The monoisotopic (exact) mass is 368 g/mol. The van der Waals surface area contributed by atoms with Gasteiger partial charge in [0.25, 0.3) is 5.91 Å². The van der Waals surface area contributed by atoms with E-state index in [1.807, 2.05) is 0 Å². The highest BCUT2D eigenvalue weighted by atomic mass is 32.2. The summed E-state index contributed by atoms with van der Waals surface area (Å²) >= 11 is 0. The van der Waals surface area contributed by atoms with Gasteiger partial charge in [-0.15, -0.1) is 0 Å². The van der Waals surface area contributed by atoms with E-state index in [0.717, 1.165) is 0 Å². The van der Waals surface area contributed by atoms with E-state index in [0.29, 0.717) is 25.2 Å². The molecule has 1 N–H and O–H groups in total. The standard InChI is InChI=1S/C17H24N2O5S/c1-4-18-16(20)13-24-17(21)12-9-14-7-10-15(11-8-14)25(22,23)19(5-2)6-3/h7-12H,4-6,13H2,1-3H3,(H,18,20). The quantitative estimate of drug-likeness (QED) is 0.525. The number of nitrogens with one attached hydrogen (secondary N) is 1. The van der Waals surface area contributed by atoms with Gasteiger partial charge in [-0.25, -0.2) is 13.2 Å². The van der Waals surface area contributed by atoms with Crippen LogP contribution in [0, 0.1) is 0 Å². The summed E-state index contributed by atoms with van der Waals surface area (Å²) in [6.07, 6.45) is 2.68. The van der Waals surface area contributed by atoms with Crippen LogP contribution in [-0.2, 0) is 24.3 Å². The molecule has 0 radical (unpaired) electrons. The highest BCUT2D eigenvalue weighted by molar-refractivity contribution is 7.89. The number of esters is 1. The van der Waals surface area contributed by atoms with Crippen molar-refractivity contribution < 1.29 is 22.7 Å². The second-order valence-corrected chi connectivity index (χ2v) is 6.99. The summed E-state index contributed by atoms with van der Waals surface area (Å²) in [5.41, 5.74) is 0.647. The number of ether oxygens (including phenoxy) is 1. The largest absolute Gasteiger partial charge is 0.452 e. The molecule has 0 saturated carbocycles. The molecule has 0 aliphatic heterocycles. The summed E-state index contributed by atoms with van der Waals surface area (Å²) < 4.78 is 30.9. The molecule has 0 fully saturated rings. The first kappa shape index (κ1) is 20.9. The zero-order valence-electron chi connectivity index (χ0n) is 14.7. The van der Waals surface area contributed by atoms with E-state index in [2.05, 4.69) is 5.32 Å². The van der Waals surface area contributed by atoms with Crippen molar-refractivity contribution in [2.75, 3.05) is 26.2 Å². The molecule has 0 spiro atoms. The molecule has 7 nitrogen and oxygen atoms in total. The van der Waals surface area contributed by atoms with Crippen LogP contribution in [0.3, 0.4) is 0 Å². The van der Waals surface area contributed by atoms with Gasteiger partial charge in [-0.2, -0.15) is 4.31 Å². The van der Waals surface area contributed by atoms with Crippen LogP contribution in [0.2, 0.25) is 0 Å². The maximum absolute atomic E-state index is 12.4. The van der Waals surface area contributed by atoms with Gasteiger partial charge in [0.15, 0.2) is 6.61 Å². The minimum absolute atomic E-state index is 0.201. The second kappa shape index (κ2) is 9.95. The average molecular weight is 368 g/mol.